The topological polar surface area (TPSA) is 111 Å². The molecule has 9 heteroatoms. The molecule has 2 saturated heterocycles. The van der Waals surface area contributed by atoms with Gasteiger partial charge in [-0.15, -0.1) is 5.92 Å². The lowest BCUT2D eigenvalue weighted by molar-refractivity contribution is 0.102. The number of benzene rings is 1. The SMILES string of the molecule is CC#CCN1[C@@H]2COC[C@@H]2C[C@H]1c1nc(-c2ccccc2C(=O)Nc2ccccn2)c2c(N)nccn12. The first kappa shape index (κ1) is 23.2. The number of amides is 1. The molecule has 5 heterocycles. The van der Waals surface area contributed by atoms with Gasteiger partial charge in [0.25, 0.3) is 5.91 Å². The number of carbonyl (C=O) groups excluding carboxylic acids is 1. The number of aromatic nitrogens is 4. The van der Waals surface area contributed by atoms with Gasteiger partial charge in [-0.2, -0.15) is 0 Å². The first-order valence-corrected chi connectivity index (χ1v) is 12.3. The molecule has 0 unspecified atom stereocenters. The first-order valence-electron chi connectivity index (χ1n) is 12.3. The fraction of sp³-hybridized carbons (Fsp3) is 0.286. The van der Waals surface area contributed by atoms with Crippen LogP contribution in [-0.4, -0.2) is 56.0 Å². The maximum Gasteiger partial charge on any atom is 0.257 e. The van der Waals surface area contributed by atoms with E-state index in [9.17, 15) is 4.79 Å². The maximum atomic E-state index is 13.3. The van der Waals surface area contributed by atoms with Crippen molar-refractivity contribution in [2.75, 3.05) is 30.8 Å². The van der Waals surface area contributed by atoms with Crippen LogP contribution in [0, 0.1) is 17.8 Å². The van der Waals surface area contributed by atoms with Crippen LogP contribution in [0.4, 0.5) is 11.6 Å². The zero-order valence-electron chi connectivity index (χ0n) is 20.5. The second-order valence-electron chi connectivity index (χ2n) is 9.28. The molecule has 37 heavy (non-hydrogen) atoms. The quantitative estimate of drug-likeness (QED) is 0.410. The third-order valence-corrected chi connectivity index (χ3v) is 7.20. The largest absolute Gasteiger partial charge is 0.382 e. The standard InChI is InChI=1S/C28H27N7O2/c1-2-3-13-34-21(15-18-16-37-17-22(18)34)27-33-24(25-26(29)31-12-14-35(25)27)19-8-4-5-9-20(19)28(36)32-23-10-6-7-11-30-23/h4-12,14,18,21-22H,13,15-17H2,1H3,(H2,29,31)(H,30,32,36)/t18-,21-,22+/m0/s1. The number of imidazole rings is 1. The Morgan fingerprint density at radius 3 is 2.86 bits per heavy atom. The number of pyridine rings is 1. The number of carbonyl (C=O) groups is 1. The van der Waals surface area contributed by atoms with Crippen LogP contribution in [0.3, 0.4) is 0 Å². The number of likely N-dealkylation sites (tertiary alicyclic amines) is 1. The molecule has 3 N–H and O–H groups in total. The van der Waals surface area contributed by atoms with Gasteiger partial charge in [-0.05, 0) is 31.5 Å². The van der Waals surface area contributed by atoms with E-state index in [2.05, 4.69) is 32.0 Å². The maximum absolute atomic E-state index is 13.3. The van der Waals surface area contributed by atoms with E-state index in [0.717, 1.165) is 18.9 Å². The Labute approximate surface area is 214 Å². The van der Waals surface area contributed by atoms with E-state index in [1.807, 2.05) is 41.8 Å². The summed E-state index contributed by atoms with van der Waals surface area (Å²) in [5.41, 5.74) is 8.90. The van der Waals surface area contributed by atoms with Crippen molar-refractivity contribution in [3.63, 3.8) is 0 Å². The summed E-state index contributed by atoms with van der Waals surface area (Å²) in [6, 6.07) is 13.1. The number of hydrogen-bond acceptors (Lipinski definition) is 7. The molecule has 1 aromatic carbocycles. The van der Waals surface area contributed by atoms with Crippen molar-refractivity contribution in [2.24, 2.45) is 5.92 Å². The molecule has 186 valence electrons. The molecule has 3 atom stereocenters. The lowest BCUT2D eigenvalue weighted by Gasteiger charge is -2.26. The van der Waals surface area contributed by atoms with Crippen molar-refractivity contribution in [3.05, 3.63) is 72.4 Å². The minimum atomic E-state index is -0.271. The van der Waals surface area contributed by atoms with Crippen molar-refractivity contribution in [3.8, 4) is 23.1 Å². The Bertz CT molecular complexity index is 1520. The Hall–Kier alpha value is -4.26. The molecule has 1 amide bonds. The van der Waals surface area contributed by atoms with E-state index in [0.29, 0.717) is 59.1 Å². The van der Waals surface area contributed by atoms with E-state index in [1.165, 1.54) is 0 Å². The minimum absolute atomic E-state index is 0.0392. The van der Waals surface area contributed by atoms with Crippen LogP contribution in [0.2, 0.25) is 0 Å². The molecule has 0 bridgehead atoms. The highest BCUT2D eigenvalue weighted by Gasteiger charge is 2.46. The van der Waals surface area contributed by atoms with Crippen LogP contribution in [0.1, 0.15) is 35.6 Å². The average Bonchev–Trinajstić information content (AvgIpc) is 3.62. The second kappa shape index (κ2) is 9.65. The van der Waals surface area contributed by atoms with Crippen LogP contribution in [0.5, 0.6) is 0 Å². The van der Waals surface area contributed by atoms with Gasteiger partial charge in [-0.25, -0.2) is 15.0 Å². The summed E-state index contributed by atoms with van der Waals surface area (Å²) in [4.78, 5) is 29.4. The fourth-order valence-corrected chi connectivity index (χ4v) is 5.50. The van der Waals surface area contributed by atoms with Gasteiger partial charge in [-0.1, -0.05) is 30.2 Å². The van der Waals surface area contributed by atoms with E-state index in [4.69, 9.17) is 15.5 Å². The molecule has 9 nitrogen and oxygen atoms in total. The molecule has 0 spiro atoms. The predicted molar refractivity (Wildman–Crippen MR) is 141 cm³/mol. The van der Waals surface area contributed by atoms with Gasteiger partial charge >= 0.3 is 0 Å². The van der Waals surface area contributed by atoms with Crippen LogP contribution in [0.25, 0.3) is 16.8 Å². The third kappa shape index (κ3) is 4.10. The van der Waals surface area contributed by atoms with Gasteiger partial charge in [0.05, 0.1) is 25.8 Å². The number of nitrogens with one attached hydrogen (secondary N) is 1. The number of anilines is 2. The Kier molecular flexibility index (Phi) is 6.04. The van der Waals surface area contributed by atoms with Gasteiger partial charge < -0.3 is 15.8 Å². The molecule has 0 saturated carbocycles. The highest BCUT2D eigenvalue weighted by molar-refractivity contribution is 6.09. The Morgan fingerprint density at radius 1 is 1.16 bits per heavy atom. The Balaban J connectivity index is 1.46. The summed E-state index contributed by atoms with van der Waals surface area (Å²) in [6.45, 7) is 3.94. The molecule has 6 rings (SSSR count). The summed E-state index contributed by atoms with van der Waals surface area (Å²) in [5.74, 6) is 8.12. The number of nitrogen functional groups attached to an aromatic ring is 1. The van der Waals surface area contributed by atoms with Gasteiger partial charge in [0.15, 0.2) is 0 Å². The van der Waals surface area contributed by atoms with Gasteiger partial charge in [0.2, 0.25) is 0 Å². The Morgan fingerprint density at radius 2 is 2.03 bits per heavy atom. The van der Waals surface area contributed by atoms with E-state index >= 15 is 0 Å². The van der Waals surface area contributed by atoms with Crippen molar-refractivity contribution in [1.82, 2.24) is 24.3 Å². The molecule has 2 aliphatic rings. The number of rotatable bonds is 5. The number of hydrogen-bond donors (Lipinski definition) is 2. The monoisotopic (exact) mass is 493 g/mol. The summed E-state index contributed by atoms with van der Waals surface area (Å²) < 4.78 is 7.80. The lowest BCUT2D eigenvalue weighted by Crippen LogP contribution is -2.35. The highest BCUT2D eigenvalue weighted by Crippen LogP contribution is 2.44. The normalized spacial score (nSPS) is 20.9. The molecular formula is C28H27N7O2. The second-order valence-corrected chi connectivity index (χ2v) is 9.28. The van der Waals surface area contributed by atoms with Crippen molar-refractivity contribution in [2.45, 2.75) is 25.4 Å². The van der Waals surface area contributed by atoms with Crippen molar-refractivity contribution >= 4 is 23.1 Å². The summed E-state index contributed by atoms with van der Waals surface area (Å²) in [7, 11) is 0. The number of fused-ring (bicyclic) bond motifs is 2. The number of ether oxygens (including phenoxy) is 1. The molecule has 3 aromatic heterocycles. The van der Waals surface area contributed by atoms with Crippen LogP contribution in [0.15, 0.2) is 61.1 Å². The predicted octanol–water partition coefficient (Wildman–Crippen LogP) is 3.41. The van der Waals surface area contributed by atoms with Crippen molar-refractivity contribution < 1.29 is 9.53 Å². The zero-order valence-corrected chi connectivity index (χ0v) is 20.5. The van der Waals surface area contributed by atoms with Crippen molar-refractivity contribution in [1.29, 1.82) is 0 Å². The molecule has 2 aliphatic heterocycles. The third-order valence-electron chi connectivity index (χ3n) is 7.20. The smallest absolute Gasteiger partial charge is 0.257 e. The lowest BCUT2D eigenvalue weighted by atomic mass is 10.0. The molecule has 0 aliphatic carbocycles. The zero-order chi connectivity index (χ0) is 25.4. The molecule has 2 fully saturated rings. The van der Waals surface area contributed by atoms with Gasteiger partial charge in [0.1, 0.15) is 28.7 Å². The average molecular weight is 494 g/mol. The van der Waals surface area contributed by atoms with E-state index < -0.39 is 0 Å². The van der Waals surface area contributed by atoms with Gasteiger partial charge in [-0.3, -0.25) is 14.1 Å². The van der Waals surface area contributed by atoms with Crippen LogP contribution >= 0.6 is 0 Å². The summed E-state index contributed by atoms with van der Waals surface area (Å²) in [6.07, 6.45) is 6.13. The number of nitrogens with zero attached hydrogens (tertiary/aromatic N) is 5. The highest BCUT2D eigenvalue weighted by atomic mass is 16.5. The summed E-state index contributed by atoms with van der Waals surface area (Å²) >= 11 is 0. The number of nitrogens with two attached hydrogens (primary N) is 1. The minimum Gasteiger partial charge on any atom is -0.382 e. The van der Waals surface area contributed by atoms with Crippen LogP contribution < -0.4 is 11.1 Å². The van der Waals surface area contributed by atoms with E-state index in [-0.39, 0.29) is 11.9 Å². The summed E-state index contributed by atoms with van der Waals surface area (Å²) in [5, 5.41) is 2.88. The van der Waals surface area contributed by atoms with Crippen LogP contribution in [-0.2, 0) is 4.74 Å². The van der Waals surface area contributed by atoms with E-state index in [1.54, 1.807) is 30.6 Å². The molecule has 4 aromatic rings. The molecule has 0 radical (unpaired) electrons. The van der Waals surface area contributed by atoms with Gasteiger partial charge in [0, 0.05) is 41.7 Å². The first-order chi connectivity index (χ1) is 18.2. The molecular weight excluding hydrogens is 466 g/mol. The fourth-order valence-electron chi connectivity index (χ4n) is 5.50.